The fourth-order valence-electron chi connectivity index (χ4n) is 12.4. The summed E-state index contributed by atoms with van der Waals surface area (Å²) in [5, 5.41) is 10.7. The first-order valence-electron chi connectivity index (χ1n) is 42.6. The third kappa shape index (κ3) is 75.8. The van der Waals surface area contributed by atoms with Gasteiger partial charge in [0.2, 0.25) is 0 Å². The summed E-state index contributed by atoms with van der Waals surface area (Å²) in [5.74, 6) is -2.13. The Morgan fingerprint density at radius 2 is 0.480 bits per heavy atom. The lowest BCUT2D eigenvalue weighted by atomic mass is 10.0. The van der Waals surface area contributed by atoms with Crippen molar-refractivity contribution in [3.8, 4) is 0 Å². The third-order valence-corrected chi connectivity index (χ3v) is 20.9. The number of aliphatic hydroxyl groups excluding tert-OH is 1. The maximum atomic E-state index is 13.1. The van der Waals surface area contributed by atoms with Gasteiger partial charge >= 0.3 is 39.5 Å². The van der Waals surface area contributed by atoms with Crippen molar-refractivity contribution in [2.45, 2.75) is 444 Å². The molecule has 0 spiro atoms. The number of esters is 4. The van der Waals surface area contributed by atoms with E-state index >= 15 is 0 Å². The lowest BCUT2D eigenvalue weighted by Crippen LogP contribution is -2.30. The van der Waals surface area contributed by atoms with Crippen molar-refractivity contribution in [1.82, 2.24) is 0 Å². The smallest absolute Gasteiger partial charge is 0.462 e. The maximum absolute atomic E-state index is 13.1. The van der Waals surface area contributed by atoms with Crippen LogP contribution in [0.1, 0.15) is 426 Å². The van der Waals surface area contributed by atoms with Crippen LogP contribution in [0.2, 0.25) is 0 Å². The summed E-state index contributed by atoms with van der Waals surface area (Å²) in [6.07, 6.45) is 72.8. The number of ether oxygens (including phenoxy) is 4. The fourth-order valence-corrected chi connectivity index (χ4v) is 14.0. The molecule has 0 saturated heterocycles. The summed E-state index contributed by atoms with van der Waals surface area (Å²) in [4.78, 5) is 73.1. The molecule has 0 aromatic rings. The number of phosphoric ester groups is 2. The number of carbonyl (C=O) groups is 4. The minimum Gasteiger partial charge on any atom is -0.462 e. The standard InChI is InChI=1S/C83H158O17P2/c1-5-9-13-17-21-25-29-33-36-38-41-44-48-52-56-60-64-68-81(86)94-74-79(99-82(87)69-65-61-57-53-49-45-40-35-31-27-23-19-15-11-7-3)76-98-102(91,92)96-72-77(84)71-95-101(89,90)97-75-78(73-93-80(85)67-63-59-55-51-47-43-32-28-24-20-16-12-8-4)100-83(88)70-66-62-58-54-50-46-42-39-37-34-30-26-22-18-14-10-6-2/h23,27,35,40,77-79,84H,5-22,24-26,28-34,36-39,41-76H2,1-4H3,(H,89,90)(H,91,92)/b27-23-,40-35-/t77-,78+,79+/m0/s1. The zero-order valence-electron chi connectivity index (χ0n) is 66.1. The zero-order valence-corrected chi connectivity index (χ0v) is 67.9. The number of phosphoric acid groups is 2. The quantitative estimate of drug-likeness (QED) is 0.0169. The minimum atomic E-state index is -4.97. The molecule has 0 aromatic heterocycles. The predicted molar refractivity (Wildman–Crippen MR) is 418 cm³/mol. The molecule has 0 aliphatic rings. The molecular formula is C83H158O17P2. The molecule has 0 aliphatic carbocycles. The van der Waals surface area contributed by atoms with Crippen molar-refractivity contribution in [3.63, 3.8) is 0 Å². The summed E-state index contributed by atoms with van der Waals surface area (Å²) < 4.78 is 68.8. The molecule has 0 saturated carbocycles. The second-order valence-electron chi connectivity index (χ2n) is 29.2. The molecule has 0 aromatic carbocycles. The Balaban J connectivity index is 5.29. The van der Waals surface area contributed by atoms with Gasteiger partial charge in [0, 0.05) is 25.7 Å². The van der Waals surface area contributed by atoms with Crippen molar-refractivity contribution >= 4 is 39.5 Å². The van der Waals surface area contributed by atoms with Crippen LogP contribution < -0.4 is 0 Å². The van der Waals surface area contributed by atoms with Gasteiger partial charge in [-0.1, -0.05) is 367 Å². The SMILES string of the molecule is CCCCC/C=C\C/C=C\CCCCCCCC(=O)O[C@H](COC(=O)CCCCCCCCCCCCCCCCCCC)COP(=O)(O)OC[C@@H](O)COP(=O)(O)OC[C@@H](COC(=O)CCCCCCCCCCCCCCC)OC(=O)CCCCCCCCCCCCCCCCCCC. The van der Waals surface area contributed by atoms with Gasteiger partial charge in [-0.05, 0) is 57.8 Å². The molecule has 19 heteroatoms. The van der Waals surface area contributed by atoms with E-state index in [1.807, 2.05) is 0 Å². The summed E-state index contributed by atoms with van der Waals surface area (Å²) in [6, 6.07) is 0. The van der Waals surface area contributed by atoms with E-state index in [0.29, 0.717) is 25.7 Å². The Kier molecular flexibility index (Phi) is 74.9. The molecule has 2 unspecified atom stereocenters. The summed E-state index contributed by atoms with van der Waals surface area (Å²) in [7, 11) is -9.93. The Hall–Kier alpha value is -2.46. The number of hydrogen-bond acceptors (Lipinski definition) is 15. The highest BCUT2D eigenvalue weighted by atomic mass is 31.2. The van der Waals surface area contributed by atoms with Gasteiger partial charge in [0.1, 0.15) is 19.3 Å². The molecule has 0 bridgehead atoms. The molecule has 5 atom stereocenters. The molecule has 102 heavy (non-hydrogen) atoms. The first-order chi connectivity index (χ1) is 49.7. The molecule has 3 N–H and O–H groups in total. The van der Waals surface area contributed by atoms with Crippen molar-refractivity contribution in [2.24, 2.45) is 0 Å². The van der Waals surface area contributed by atoms with Crippen LogP contribution in [-0.4, -0.2) is 96.7 Å². The van der Waals surface area contributed by atoms with Gasteiger partial charge in [0.25, 0.3) is 0 Å². The maximum Gasteiger partial charge on any atom is 0.472 e. The highest BCUT2D eigenvalue weighted by molar-refractivity contribution is 7.47. The predicted octanol–water partition coefficient (Wildman–Crippen LogP) is 24.9. The van der Waals surface area contributed by atoms with Crippen molar-refractivity contribution < 1.29 is 80.2 Å². The van der Waals surface area contributed by atoms with E-state index in [1.54, 1.807) is 0 Å². The lowest BCUT2D eigenvalue weighted by molar-refractivity contribution is -0.161. The fraction of sp³-hybridized carbons (Fsp3) is 0.904. The van der Waals surface area contributed by atoms with Crippen LogP contribution in [0.25, 0.3) is 0 Å². The largest absolute Gasteiger partial charge is 0.472 e. The van der Waals surface area contributed by atoms with Gasteiger partial charge in [-0.15, -0.1) is 0 Å². The number of unbranched alkanes of at least 4 members (excludes halogenated alkanes) is 52. The summed E-state index contributed by atoms with van der Waals surface area (Å²) in [6.45, 7) is 4.98. The first-order valence-corrected chi connectivity index (χ1v) is 45.6. The van der Waals surface area contributed by atoms with E-state index in [1.165, 1.54) is 238 Å². The Morgan fingerprint density at radius 1 is 0.275 bits per heavy atom. The van der Waals surface area contributed by atoms with E-state index < -0.39 is 97.5 Å². The van der Waals surface area contributed by atoms with E-state index in [0.717, 1.165) is 109 Å². The van der Waals surface area contributed by atoms with E-state index in [2.05, 4.69) is 52.0 Å². The second kappa shape index (κ2) is 76.7. The normalized spacial score (nSPS) is 13.9. The van der Waals surface area contributed by atoms with Gasteiger partial charge in [-0.2, -0.15) is 0 Å². The van der Waals surface area contributed by atoms with Crippen molar-refractivity contribution in [1.29, 1.82) is 0 Å². The van der Waals surface area contributed by atoms with E-state index in [4.69, 9.17) is 37.0 Å². The number of carbonyl (C=O) groups excluding carboxylic acids is 4. The highest BCUT2D eigenvalue weighted by Gasteiger charge is 2.30. The summed E-state index contributed by atoms with van der Waals surface area (Å²) in [5.41, 5.74) is 0. The zero-order chi connectivity index (χ0) is 74.6. The lowest BCUT2D eigenvalue weighted by Gasteiger charge is -2.21. The summed E-state index contributed by atoms with van der Waals surface area (Å²) >= 11 is 0. The van der Waals surface area contributed by atoms with Crippen LogP contribution in [0.3, 0.4) is 0 Å². The number of hydrogen-bond donors (Lipinski definition) is 3. The molecule has 17 nitrogen and oxygen atoms in total. The van der Waals surface area contributed by atoms with Crippen LogP contribution in [0.5, 0.6) is 0 Å². The first kappa shape index (κ1) is 99.5. The minimum absolute atomic E-state index is 0.0879. The van der Waals surface area contributed by atoms with Crippen molar-refractivity contribution in [3.05, 3.63) is 24.3 Å². The number of aliphatic hydroxyl groups is 1. The van der Waals surface area contributed by atoms with Crippen molar-refractivity contribution in [2.75, 3.05) is 39.6 Å². The molecule has 0 rings (SSSR count). The molecule has 0 heterocycles. The van der Waals surface area contributed by atoms with Crippen LogP contribution >= 0.6 is 15.6 Å². The molecule has 0 radical (unpaired) electrons. The third-order valence-electron chi connectivity index (χ3n) is 18.9. The number of allylic oxidation sites excluding steroid dienone is 4. The molecule has 0 fully saturated rings. The van der Waals surface area contributed by atoms with Gasteiger partial charge < -0.3 is 33.8 Å². The topological polar surface area (TPSA) is 237 Å². The monoisotopic (exact) mass is 1490 g/mol. The number of rotatable bonds is 82. The van der Waals surface area contributed by atoms with Crippen LogP contribution in [0.15, 0.2) is 24.3 Å². The van der Waals surface area contributed by atoms with Crippen LogP contribution in [0, 0.1) is 0 Å². The van der Waals surface area contributed by atoms with Crippen LogP contribution in [-0.2, 0) is 65.4 Å². The molecule has 0 aliphatic heterocycles. The highest BCUT2D eigenvalue weighted by Crippen LogP contribution is 2.45. The average molecular weight is 1490 g/mol. The van der Waals surface area contributed by atoms with Gasteiger partial charge in [-0.3, -0.25) is 37.3 Å². The van der Waals surface area contributed by atoms with Gasteiger partial charge in [0.05, 0.1) is 26.4 Å². The Morgan fingerprint density at radius 3 is 0.745 bits per heavy atom. The van der Waals surface area contributed by atoms with E-state index in [9.17, 15) is 43.2 Å². The van der Waals surface area contributed by atoms with Gasteiger partial charge in [0.15, 0.2) is 12.2 Å². The molecule has 602 valence electrons. The second-order valence-corrected chi connectivity index (χ2v) is 32.1. The Bertz CT molecular complexity index is 2020. The van der Waals surface area contributed by atoms with E-state index in [-0.39, 0.29) is 25.7 Å². The van der Waals surface area contributed by atoms with Crippen LogP contribution in [0.4, 0.5) is 0 Å². The molecule has 0 amide bonds. The van der Waals surface area contributed by atoms with Gasteiger partial charge in [-0.25, -0.2) is 9.13 Å². The average Bonchev–Trinajstić information content (AvgIpc) is 0.932. The molecular weight excluding hydrogens is 1330 g/mol. The Labute approximate surface area is 624 Å².